The van der Waals surface area contributed by atoms with E-state index in [0.29, 0.717) is 0 Å². The molecule has 0 aromatic rings. The number of amides is 1. The van der Waals surface area contributed by atoms with Gasteiger partial charge < -0.3 is 4.74 Å². The molecule has 27 heavy (non-hydrogen) atoms. The zero-order valence-electron chi connectivity index (χ0n) is 18.8. The van der Waals surface area contributed by atoms with Crippen LogP contribution in [0.15, 0.2) is 11.6 Å². The molecule has 1 aliphatic heterocycles. The molecule has 0 aromatic carbocycles. The van der Waals surface area contributed by atoms with Crippen LogP contribution in [0.4, 0.5) is 0 Å². The van der Waals surface area contributed by atoms with Gasteiger partial charge >= 0.3 is 5.97 Å². The van der Waals surface area contributed by atoms with Crippen molar-refractivity contribution in [3.63, 3.8) is 0 Å². The van der Waals surface area contributed by atoms with Crippen molar-refractivity contribution in [2.45, 2.75) is 103 Å². The molecule has 0 aliphatic carbocycles. The van der Waals surface area contributed by atoms with E-state index in [1.165, 1.54) is 12.5 Å². The fourth-order valence-corrected chi connectivity index (χ4v) is 6.00. The number of carbonyl (C=O) groups excluding carboxylic acids is 2. The molecule has 1 rings (SSSR count). The molecule has 6 heteroatoms. The van der Waals surface area contributed by atoms with Crippen molar-refractivity contribution in [2.75, 3.05) is 0 Å². The molecule has 0 saturated carbocycles. The maximum absolute atomic E-state index is 12.6. The Bertz CT molecular complexity index is 594. The molecule has 0 bridgehead atoms. The lowest BCUT2D eigenvalue weighted by molar-refractivity contribution is -0.162. The van der Waals surface area contributed by atoms with Crippen LogP contribution in [0.3, 0.4) is 0 Å². The summed E-state index contributed by atoms with van der Waals surface area (Å²) < 4.78 is 5.70. The number of hydrogen-bond acceptors (Lipinski definition) is 5. The first-order chi connectivity index (χ1) is 11.9. The number of rotatable bonds is 3. The highest BCUT2D eigenvalue weighted by Crippen LogP contribution is 2.48. The maximum Gasteiger partial charge on any atom is 0.304 e. The maximum atomic E-state index is 12.6. The van der Waals surface area contributed by atoms with Gasteiger partial charge in [-0.2, -0.15) is 0 Å². The Kier molecular flexibility index (Phi) is 7.60. The Morgan fingerprint density at radius 1 is 0.926 bits per heavy atom. The summed E-state index contributed by atoms with van der Waals surface area (Å²) in [6.45, 7) is 22.4. The van der Waals surface area contributed by atoms with Gasteiger partial charge in [-0.1, -0.05) is 68.4 Å². The van der Waals surface area contributed by atoms with Crippen molar-refractivity contribution in [3.05, 3.63) is 11.6 Å². The number of carbonyl (C=O) groups is 2. The lowest BCUT2D eigenvalue weighted by atomic mass is 9.82. The average molecular weight is 416 g/mol. The Balaban J connectivity index is 3.61. The molecule has 4 nitrogen and oxygen atoms in total. The molecule has 0 aromatic heterocycles. The first-order valence-electron chi connectivity index (χ1n) is 9.46. The summed E-state index contributed by atoms with van der Waals surface area (Å²) in [4.78, 5) is 26.3. The van der Waals surface area contributed by atoms with Crippen LogP contribution in [0.1, 0.15) is 76.2 Å². The first-order valence-corrected chi connectivity index (χ1v) is 11.2. The minimum atomic E-state index is -0.608. The van der Waals surface area contributed by atoms with Crippen molar-refractivity contribution in [1.82, 2.24) is 4.90 Å². The highest BCUT2D eigenvalue weighted by molar-refractivity contribution is 8.01. The standard InChI is InChI=1S/C21H37NO3S2/c1-13(23)22-16(26-20(6,7)8)12-15(19(3,4)5)17(27-21(9,10)11)18(22)25-14(2)24/h12,16-18H,1-11H3/t16-,17-,18+/m1/s1. The highest BCUT2D eigenvalue weighted by Gasteiger charge is 2.47. The third-order valence-corrected chi connectivity index (χ3v) is 6.67. The monoisotopic (exact) mass is 415 g/mol. The second kappa shape index (κ2) is 8.40. The summed E-state index contributed by atoms with van der Waals surface area (Å²) in [5, 5.41) is -0.271. The summed E-state index contributed by atoms with van der Waals surface area (Å²) in [6.07, 6.45) is 1.61. The zero-order valence-corrected chi connectivity index (χ0v) is 20.4. The topological polar surface area (TPSA) is 46.6 Å². The van der Waals surface area contributed by atoms with Gasteiger partial charge in [-0.3, -0.25) is 14.5 Å². The van der Waals surface area contributed by atoms with Crippen LogP contribution in [0.25, 0.3) is 0 Å². The van der Waals surface area contributed by atoms with Gasteiger partial charge in [-0.25, -0.2) is 0 Å². The SMILES string of the molecule is CC(=O)O[C@H]1[C@H](SC(C)(C)C)C(C(C)(C)C)=C[C@@H](SC(C)(C)C)N1C(C)=O. The van der Waals surface area contributed by atoms with Crippen molar-refractivity contribution in [2.24, 2.45) is 5.41 Å². The van der Waals surface area contributed by atoms with Crippen molar-refractivity contribution >= 4 is 35.4 Å². The first kappa shape index (κ1) is 24.4. The van der Waals surface area contributed by atoms with E-state index in [0.717, 1.165) is 0 Å². The summed E-state index contributed by atoms with van der Waals surface area (Å²) in [5.41, 5.74) is 1.13. The van der Waals surface area contributed by atoms with Crippen molar-refractivity contribution in [1.29, 1.82) is 0 Å². The van der Waals surface area contributed by atoms with E-state index in [1.54, 1.807) is 35.3 Å². The van der Waals surface area contributed by atoms with Crippen molar-refractivity contribution < 1.29 is 14.3 Å². The Morgan fingerprint density at radius 3 is 1.74 bits per heavy atom. The molecule has 1 amide bonds. The predicted molar refractivity (Wildman–Crippen MR) is 118 cm³/mol. The number of hydrogen-bond donors (Lipinski definition) is 0. The molecule has 0 spiro atoms. The molecule has 3 atom stereocenters. The number of esters is 1. The molecule has 156 valence electrons. The fourth-order valence-electron chi connectivity index (χ4n) is 3.05. The summed E-state index contributed by atoms with van der Waals surface area (Å²) in [7, 11) is 0. The van der Waals surface area contributed by atoms with E-state index in [2.05, 4.69) is 68.4 Å². The van der Waals surface area contributed by atoms with E-state index >= 15 is 0 Å². The van der Waals surface area contributed by atoms with Crippen LogP contribution in [0, 0.1) is 5.41 Å². The van der Waals surface area contributed by atoms with Gasteiger partial charge in [0.1, 0.15) is 5.37 Å². The third-order valence-electron chi connectivity index (χ3n) is 3.91. The van der Waals surface area contributed by atoms with E-state index in [9.17, 15) is 9.59 Å². The predicted octanol–water partition coefficient (Wildman–Crippen LogP) is 5.47. The molecule has 1 heterocycles. The minimum Gasteiger partial charge on any atom is -0.440 e. The number of thioether (sulfide) groups is 2. The summed E-state index contributed by atoms with van der Waals surface area (Å²) >= 11 is 3.47. The lowest BCUT2D eigenvalue weighted by Crippen LogP contribution is -2.57. The van der Waals surface area contributed by atoms with E-state index in [1.807, 2.05) is 0 Å². The zero-order chi connectivity index (χ0) is 21.4. The third kappa shape index (κ3) is 7.37. The second-order valence-corrected chi connectivity index (χ2v) is 14.0. The van der Waals surface area contributed by atoms with Crippen LogP contribution < -0.4 is 0 Å². The van der Waals surface area contributed by atoms with Crippen LogP contribution in [-0.2, 0) is 14.3 Å². The number of nitrogens with zero attached hydrogens (tertiary/aromatic N) is 1. The molecular formula is C21H37NO3S2. The van der Waals surface area contributed by atoms with Gasteiger partial charge in [0.15, 0.2) is 6.23 Å². The summed E-state index contributed by atoms with van der Waals surface area (Å²) in [5.74, 6) is -0.438. The fraction of sp³-hybridized carbons (Fsp3) is 0.810. The minimum absolute atomic E-state index is 0.0390. The smallest absolute Gasteiger partial charge is 0.304 e. The Hall–Kier alpha value is -0.620. The quantitative estimate of drug-likeness (QED) is 0.452. The van der Waals surface area contributed by atoms with Gasteiger partial charge in [-0.05, 0) is 11.0 Å². The Labute approximate surface area is 174 Å². The Morgan fingerprint density at radius 2 is 1.41 bits per heavy atom. The second-order valence-electron chi connectivity index (χ2n) is 10.1. The van der Waals surface area contributed by atoms with Gasteiger partial charge in [0.05, 0.1) is 5.25 Å². The molecule has 0 fully saturated rings. The molecule has 0 N–H and O–H groups in total. The van der Waals surface area contributed by atoms with Crippen molar-refractivity contribution in [3.8, 4) is 0 Å². The largest absolute Gasteiger partial charge is 0.440 e. The molecule has 1 aliphatic rings. The van der Waals surface area contributed by atoms with Crippen LogP contribution in [0.5, 0.6) is 0 Å². The van der Waals surface area contributed by atoms with Crippen LogP contribution in [0.2, 0.25) is 0 Å². The van der Waals surface area contributed by atoms with E-state index < -0.39 is 6.23 Å². The van der Waals surface area contributed by atoms with Crippen LogP contribution in [-0.4, -0.2) is 43.1 Å². The lowest BCUT2D eigenvalue weighted by Gasteiger charge is -2.48. The van der Waals surface area contributed by atoms with Crippen LogP contribution >= 0.6 is 23.5 Å². The molecular weight excluding hydrogens is 378 g/mol. The van der Waals surface area contributed by atoms with E-state index in [-0.39, 0.29) is 37.4 Å². The molecule has 0 unspecified atom stereocenters. The van der Waals surface area contributed by atoms with Gasteiger partial charge in [0, 0.05) is 23.3 Å². The highest BCUT2D eigenvalue weighted by atomic mass is 32.2. The van der Waals surface area contributed by atoms with Gasteiger partial charge in [-0.15, -0.1) is 23.5 Å². The average Bonchev–Trinajstić information content (AvgIpc) is 2.35. The number of ether oxygens (including phenoxy) is 1. The summed E-state index contributed by atoms with van der Waals surface area (Å²) in [6, 6.07) is 0. The molecule has 0 radical (unpaired) electrons. The van der Waals surface area contributed by atoms with E-state index in [4.69, 9.17) is 4.74 Å². The van der Waals surface area contributed by atoms with Gasteiger partial charge in [0.25, 0.3) is 0 Å². The normalized spacial score (nSPS) is 24.5. The molecule has 0 saturated heterocycles. The van der Waals surface area contributed by atoms with Gasteiger partial charge in [0.2, 0.25) is 5.91 Å².